The number of rotatable bonds is 6. The summed E-state index contributed by atoms with van der Waals surface area (Å²) < 4.78 is 0. The number of hydrogen-bond donors (Lipinski definition) is 1. The van der Waals surface area contributed by atoms with Gasteiger partial charge >= 0.3 is 0 Å². The van der Waals surface area contributed by atoms with E-state index >= 15 is 0 Å². The highest BCUT2D eigenvalue weighted by Gasteiger charge is 2.49. The summed E-state index contributed by atoms with van der Waals surface area (Å²) in [5, 5.41) is 3.13. The van der Waals surface area contributed by atoms with Crippen molar-refractivity contribution in [2.24, 2.45) is 11.8 Å². The highest BCUT2D eigenvalue weighted by Crippen LogP contribution is 2.48. The molecule has 4 nitrogen and oxygen atoms in total. The maximum absolute atomic E-state index is 13.2. The highest BCUT2D eigenvalue weighted by molar-refractivity contribution is 5.91. The van der Waals surface area contributed by atoms with E-state index in [-0.39, 0.29) is 29.8 Å². The molecule has 0 unspecified atom stereocenters. The van der Waals surface area contributed by atoms with Crippen molar-refractivity contribution >= 4 is 11.8 Å². The van der Waals surface area contributed by atoms with Gasteiger partial charge in [-0.2, -0.15) is 0 Å². The van der Waals surface area contributed by atoms with Crippen LogP contribution in [0.2, 0.25) is 0 Å². The molecule has 1 N–H and O–H groups in total. The van der Waals surface area contributed by atoms with E-state index in [1.165, 1.54) is 5.56 Å². The molecule has 0 aromatic heterocycles. The molecule has 1 saturated heterocycles. The lowest BCUT2D eigenvalue weighted by Gasteiger charge is -2.40. The quantitative estimate of drug-likeness (QED) is 0.862. The minimum Gasteiger partial charge on any atom is -0.350 e. The van der Waals surface area contributed by atoms with E-state index in [1.54, 1.807) is 0 Å². The molecule has 1 aliphatic heterocycles. The lowest BCUT2D eigenvalue weighted by Crippen LogP contribution is -2.62. The van der Waals surface area contributed by atoms with Gasteiger partial charge in [-0.1, -0.05) is 57.5 Å². The highest BCUT2D eigenvalue weighted by atomic mass is 16.2. The Hall–Kier alpha value is -1.84. The van der Waals surface area contributed by atoms with Crippen LogP contribution in [0.5, 0.6) is 0 Å². The zero-order valence-corrected chi connectivity index (χ0v) is 15.6. The molecule has 1 aromatic carbocycles. The summed E-state index contributed by atoms with van der Waals surface area (Å²) in [6.45, 7) is 6.99. The Morgan fingerprint density at radius 2 is 2.00 bits per heavy atom. The molecule has 25 heavy (non-hydrogen) atoms. The van der Waals surface area contributed by atoms with Crippen molar-refractivity contribution < 1.29 is 9.59 Å². The van der Waals surface area contributed by atoms with Crippen LogP contribution in [0.4, 0.5) is 0 Å². The molecule has 1 saturated carbocycles. The number of nitrogens with zero attached hydrogens (tertiary/aromatic N) is 1. The van der Waals surface area contributed by atoms with Crippen LogP contribution in [-0.2, 0) is 9.59 Å². The molecule has 0 radical (unpaired) electrons. The first-order valence-electron chi connectivity index (χ1n) is 9.67. The fourth-order valence-electron chi connectivity index (χ4n) is 4.04. The van der Waals surface area contributed by atoms with Crippen molar-refractivity contribution in [3.8, 4) is 0 Å². The number of carbonyl (C=O) groups excluding carboxylic acids is 2. The van der Waals surface area contributed by atoms with Gasteiger partial charge in [0.2, 0.25) is 11.8 Å². The monoisotopic (exact) mass is 342 g/mol. The second kappa shape index (κ2) is 7.59. The van der Waals surface area contributed by atoms with Crippen LogP contribution < -0.4 is 5.32 Å². The van der Waals surface area contributed by atoms with Crippen molar-refractivity contribution in [2.75, 3.05) is 6.54 Å². The average molecular weight is 342 g/mol. The number of carbonyl (C=O) groups is 2. The lowest BCUT2D eigenvalue weighted by molar-refractivity contribution is -0.146. The zero-order valence-electron chi connectivity index (χ0n) is 15.6. The molecule has 4 atom stereocenters. The molecular weight excluding hydrogens is 312 g/mol. The summed E-state index contributed by atoms with van der Waals surface area (Å²) >= 11 is 0. The maximum Gasteiger partial charge on any atom is 0.243 e. The summed E-state index contributed by atoms with van der Waals surface area (Å²) in [5.41, 5.74) is 1.24. The molecule has 1 heterocycles. The Labute approximate surface area is 151 Å². The molecule has 2 aliphatic rings. The first kappa shape index (κ1) is 18.0. The molecule has 4 heteroatoms. The fourth-order valence-corrected chi connectivity index (χ4v) is 4.04. The van der Waals surface area contributed by atoms with Gasteiger partial charge in [-0.3, -0.25) is 9.59 Å². The third-order valence-electron chi connectivity index (χ3n) is 5.39. The third kappa shape index (κ3) is 4.05. The first-order valence-corrected chi connectivity index (χ1v) is 9.67. The topological polar surface area (TPSA) is 49.4 Å². The number of nitrogens with one attached hydrogen (secondary N) is 1. The number of benzene rings is 1. The predicted molar refractivity (Wildman–Crippen MR) is 99.1 cm³/mol. The molecule has 136 valence electrons. The lowest BCUT2D eigenvalue weighted by atomic mass is 9.96. The van der Waals surface area contributed by atoms with Gasteiger partial charge in [0.15, 0.2) is 0 Å². The molecule has 0 spiro atoms. The van der Waals surface area contributed by atoms with E-state index in [2.05, 4.69) is 38.2 Å². The molecule has 0 bridgehead atoms. The van der Waals surface area contributed by atoms with E-state index in [1.807, 2.05) is 23.1 Å². The van der Waals surface area contributed by atoms with E-state index in [9.17, 15) is 9.59 Å². The average Bonchev–Trinajstić information content (AvgIpc) is 3.38. The Kier molecular flexibility index (Phi) is 5.45. The second-order valence-electron chi connectivity index (χ2n) is 7.99. The summed E-state index contributed by atoms with van der Waals surface area (Å²) in [7, 11) is 0. The minimum atomic E-state index is -0.308. The summed E-state index contributed by atoms with van der Waals surface area (Å²) in [4.78, 5) is 27.7. The van der Waals surface area contributed by atoms with Crippen molar-refractivity contribution in [3.63, 3.8) is 0 Å². The number of hydrogen-bond acceptors (Lipinski definition) is 2. The number of amides is 2. The second-order valence-corrected chi connectivity index (χ2v) is 7.99. The fraction of sp³-hybridized carbons (Fsp3) is 0.619. The zero-order chi connectivity index (χ0) is 18.0. The molecule has 1 aromatic rings. The van der Waals surface area contributed by atoms with Crippen LogP contribution in [0.1, 0.15) is 57.9 Å². The Balaban J connectivity index is 1.73. The van der Waals surface area contributed by atoms with E-state index in [4.69, 9.17) is 0 Å². The summed E-state index contributed by atoms with van der Waals surface area (Å²) in [6, 6.07) is 10.1. The van der Waals surface area contributed by atoms with Gasteiger partial charge in [0.1, 0.15) is 6.04 Å². The Morgan fingerprint density at radius 1 is 1.28 bits per heavy atom. The molecule has 2 amide bonds. The molecule has 3 rings (SSSR count). The van der Waals surface area contributed by atoms with Gasteiger partial charge in [0.05, 0.1) is 0 Å². The van der Waals surface area contributed by atoms with E-state index < -0.39 is 0 Å². The first-order chi connectivity index (χ1) is 12.0. The molecular formula is C21H30N2O2. The maximum atomic E-state index is 13.2. The van der Waals surface area contributed by atoms with Gasteiger partial charge in [0.25, 0.3) is 0 Å². The molecule has 2 fully saturated rings. The van der Waals surface area contributed by atoms with Crippen LogP contribution in [0.25, 0.3) is 0 Å². The van der Waals surface area contributed by atoms with Crippen LogP contribution in [0, 0.1) is 11.8 Å². The normalized spacial score (nSPS) is 28.8. The van der Waals surface area contributed by atoms with Crippen LogP contribution in [-0.4, -0.2) is 35.3 Å². The Morgan fingerprint density at radius 3 is 2.64 bits per heavy atom. The Bertz CT molecular complexity index is 614. The largest absolute Gasteiger partial charge is 0.350 e. The SMILES string of the molecule is CCC[C@H]1CN(C(=O)[C@@H]2C[C@H]2c2ccccc2)[C@@H](CC(C)C)C(=O)N1. The van der Waals surface area contributed by atoms with Gasteiger partial charge < -0.3 is 10.2 Å². The molecule has 1 aliphatic carbocycles. The number of piperazine rings is 1. The van der Waals surface area contributed by atoms with Crippen molar-refractivity contribution in [2.45, 2.75) is 64.5 Å². The van der Waals surface area contributed by atoms with Gasteiger partial charge in [0, 0.05) is 18.5 Å². The van der Waals surface area contributed by atoms with Crippen molar-refractivity contribution in [3.05, 3.63) is 35.9 Å². The van der Waals surface area contributed by atoms with Gasteiger partial charge in [-0.25, -0.2) is 0 Å². The van der Waals surface area contributed by atoms with Crippen molar-refractivity contribution in [1.82, 2.24) is 10.2 Å². The minimum absolute atomic E-state index is 0.0312. The van der Waals surface area contributed by atoms with Crippen LogP contribution in [0.3, 0.4) is 0 Å². The van der Waals surface area contributed by atoms with Crippen molar-refractivity contribution in [1.29, 1.82) is 0 Å². The summed E-state index contributed by atoms with van der Waals surface area (Å²) in [6.07, 6.45) is 3.58. The van der Waals surface area contributed by atoms with Crippen LogP contribution in [0.15, 0.2) is 30.3 Å². The predicted octanol–water partition coefficient (Wildman–Crippen LogP) is 3.33. The summed E-state index contributed by atoms with van der Waals surface area (Å²) in [5.74, 6) is 0.963. The van der Waals surface area contributed by atoms with Gasteiger partial charge in [-0.15, -0.1) is 0 Å². The standard InChI is InChI=1S/C21H30N2O2/c1-4-8-16-13-23(19(11-14(2)3)20(24)22-16)21(25)18-12-17(18)15-9-6-5-7-10-15/h5-7,9-10,14,16-19H,4,8,11-13H2,1-3H3,(H,22,24)/t16-,17-,18+,19-/m0/s1. The van der Waals surface area contributed by atoms with Crippen LogP contribution >= 0.6 is 0 Å². The smallest absolute Gasteiger partial charge is 0.243 e. The van der Waals surface area contributed by atoms with E-state index in [0.717, 1.165) is 25.7 Å². The third-order valence-corrected chi connectivity index (χ3v) is 5.39. The van der Waals surface area contributed by atoms with E-state index in [0.29, 0.717) is 18.4 Å². The van der Waals surface area contributed by atoms with Gasteiger partial charge in [-0.05, 0) is 36.7 Å².